The van der Waals surface area contributed by atoms with Crippen molar-refractivity contribution in [2.75, 3.05) is 5.75 Å². The molecule has 0 radical (unpaired) electrons. The fraction of sp³-hybridized carbons (Fsp3) is 0.636. The summed E-state index contributed by atoms with van der Waals surface area (Å²) < 4.78 is 0. The molecule has 80 valence electrons. The molecular formula is C11H18OS2. The molecule has 0 aliphatic carbocycles. The van der Waals surface area contributed by atoms with Crippen LogP contribution in [0.5, 0.6) is 0 Å². The molecule has 1 N–H and O–H groups in total. The quantitative estimate of drug-likeness (QED) is 0.810. The number of thiophene rings is 1. The minimum absolute atomic E-state index is 0.187. The van der Waals surface area contributed by atoms with Gasteiger partial charge < -0.3 is 5.11 Å². The van der Waals surface area contributed by atoms with E-state index in [0.717, 1.165) is 12.2 Å². The lowest BCUT2D eigenvalue weighted by atomic mass is 10.2. The molecule has 3 heteroatoms. The van der Waals surface area contributed by atoms with E-state index in [4.69, 9.17) is 0 Å². The molecule has 0 aromatic carbocycles. The number of aliphatic hydroxyl groups excluding tert-OH is 1. The van der Waals surface area contributed by atoms with Crippen molar-refractivity contribution in [1.29, 1.82) is 0 Å². The van der Waals surface area contributed by atoms with Gasteiger partial charge in [-0.05, 0) is 17.9 Å². The largest absolute Gasteiger partial charge is 0.392 e. The second kappa shape index (κ2) is 6.49. The number of rotatable bonds is 6. The van der Waals surface area contributed by atoms with Gasteiger partial charge in [0.2, 0.25) is 0 Å². The van der Waals surface area contributed by atoms with Gasteiger partial charge in [-0.1, -0.05) is 19.9 Å². The molecule has 0 saturated carbocycles. The highest BCUT2D eigenvalue weighted by Crippen LogP contribution is 2.18. The van der Waals surface area contributed by atoms with Crippen molar-refractivity contribution < 1.29 is 5.11 Å². The van der Waals surface area contributed by atoms with Gasteiger partial charge in [0, 0.05) is 22.3 Å². The smallest absolute Gasteiger partial charge is 0.0678 e. The van der Waals surface area contributed by atoms with Gasteiger partial charge in [-0.15, -0.1) is 11.3 Å². The molecule has 1 rings (SSSR count). The van der Waals surface area contributed by atoms with Gasteiger partial charge in [0.15, 0.2) is 0 Å². The second-order valence-electron chi connectivity index (χ2n) is 3.49. The maximum absolute atomic E-state index is 9.75. The maximum atomic E-state index is 9.75. The van der Waals surface area contributed by atoms with E-state index >= 15 is 0 Å². The zero-order valence-electron chi connectivity index (χ0n) is 8.77. The van der Waals surface area contributed by atoms with Crippen LogP contribution in [0.25, 0.3) is 0 Å². The predicted molar refractivity (Wildman–Crippen MR) is 66.2 cm³/mol. The van der Waals surface area contributed by atoms with Crippen LogP contribution in [0.15, 0.2) is 17.5 Å². The van der Waals surface area contributed by atoms with E-state index in [-0.39, 0.29) is 6.10 Å². The van der Waals surface area contributed by atoms with Gasteiger partial charge in [0.25, 0.3) is 0 Å². The Balaban J connectivity index is 2.19. The highest BCUT2D eigenvalue weighted by molar-refractivity contribution is 7.99. The Labute approximate surface area is 94.5 Å². The standard InChI is InChI=1S/C11H18OS2/c1-3-9(2)14-8-10(12)7-11-5-4-6-13-11/h4-6,9-10,12H,3,7-8H2,1-2H3. The Bertz CT molecular complexity index is 233. The van der Waals surface area contributed by atoms with E-state index in [0.29, 0.717) is 5.25 Å². The Morgan fingerprint density at radius 2 is 2.36 bits per heavy atom. The molecule has 2 atom stereocenters. The average molecular weight is 230 g/mol. The van der Waals surface area contributed by atoms with Crippen LogP contribution in [-0.4, -0.2) is 22.2 Å². The Morgan fingerprint density at radius 1 is 1.57 bits per heavy atom. The first-order chi connectivity index (χ1) is 6.72. The second-order valence-corrected chi connectivity index (χ2v) is 5.99. The summed E-state index contributed by atoms with van der Waals surface area (Å²) in [5.74, 6) is 0.854. The van der Waals surface area contributed by atoms with Crippen LogP contribution in [0, 0.1) is 0 Å². The summed E-state index contributed by atoms with van der Waals surface area (Å²) in [4.78, 5) is 1.28. The van der Waals surface area contributed by atoms with E-state index in [9.17, 15) is 5.11 Å². The van der Waals surface area contributed by atoms with Gasteiger partial charge in [-0.25, -0.2) is 0 Å². The molecule has 0 spiro atoms. The summed E-state index contributed by atoms with van der Waals surface area (Å²) in [5, 5.41) is 12.5. The Hall–Kier alpha value is 0.01000. The molecule has 1 aromatic rings. The Morgan fingerprint density at radius 3 is 2.93 bits per heavy atom. The van der Waals surface area contributed by atoms with Gasteiger partial charge >= 0.3 is 0 Å². The molecule has 0 amide bonds. The van der Waals surface area contributed by atoms with Crippen LogP contribution < -0.4 is 0 Å². The zero-order chi connectivity index (χ0) is 10.4. The van der Waals surface area contributed by atoms with Crippen molar-refractivity contribution in [3.05, 3.63) is 22.4 Å². The molecular weight excluding hydrogens is 212 g/mol. The van der Waals surface area contributed by atoms with Crippen LogP contribution >= 0.6 is 23.1 Å². The van der Waals surface area contributed by atoms with E-state index in [1.165, 1.54) is 11.3 Å². The van der Waals surface area contributed by atoms with Gasteiger partial charge in [-0.2, -0.15) is 11.8 Å². The Kier molecular flexibility index (Phi) is 5.60. The highest BCUT2D eigenvalue weighted by Gasteiger charge is 2.08. The molecule has 2 unspecified atom stereocenters. The number of thioether (sulfide) groups is 1. The lowest BCUT2D eigenvalue weighted by molar-refractivity contribution is 0.201. The number of hydrogen-bond donors (Lipinski definition) is 1. The predicted octanol–water partition coefficient (Wildman–Crippen LogP) is 3.18. The molecule has 1 nitrogen and oxygen atoms in total. The van der Waals surface area contributed by atoms with Crippen molar-refractivity contribution in [2.45, 2.75) is 38.0 Å². The molecule has 0 aliphatic heterocycles. The summed E-state index contributed by atoms with van der Waals surface area (Å²) in [6.45, 7) is 4.39. The minimum atomic E-state index is -0.187. The van der Waals surface area contributed by atoms with Crippen LogP contribution in [0.3, 0.4) is 0 Å². The average Bonchev–Trinajstić information content (AvgIpc) is 2.66. The maximum Gasteiger partial charge on any atom is 0.0678 e. The van der Waals surface area contributed by atoms with Crippen molar-refractivity contribution in [1.82, 2.24) is 0 Å². The zero-order valence-corrected chi connectivity index (χ0v) is 10.4. The molecule has 1 aromatic heterocycles. The molecule has 14 heavy (non-hydrogen) atoms. The molecule has 0 aliphatic rings. The first-order valence-electron chi connectivity index (χ1n) is 5.04. The fourth-order valence-electron chi connectivity index (χ4n) is 1.11. The summed E-state index contributed by atoms with van der Waals surface area (Å²) >= 11 is 3.58. The molecule has 0 fully saturated rings. The van der Waals surface area contributed by atoms with E-state index in [2.05, 4.69) is 25.3 Å². The highest BCUT2D eigenvalue weighted by atomic mass is 32.2. The van der Waals surface area contributed by atoms with Crippen LogP contribution in [0.4, 0.5) is 0 Å². The summed E-state index contributed by atoms with van der Waals surface area (Å²) in [5.41, 5.74) is 0. The van der Waals surface area contributed by atoms with Crippen molar-refractivity contribution >= 4 is 23.1 Å². The molecule has 1 heterocycles. The third-order valence-corrected chi connectivity index (χ3v) is 4.54. The minimum Gasteiger partial charge on any atom is -0.392 e. The third-order valence-electron chi connectivity index (χ3n) is 2.16. The van der Waals surface area contributed by atoms with Gasteiger partial charge in [0.1, 0.15) is 0 Å². The topological polar surface area (TPSA) is 20.2 Å². The van der Waals surface area contributed by atoms with Crippen LogP contribution in [0.2, 0.25) is 0 Å². The third kappa shape index (κ3) is 4.49. The first-order valence-corrected chi connectivity index (χ1v) is 6.97. The van der Waals surface area contributed by atoms with Crippen LogP contribution in [-0.2, 0) is 6.42 Å². The number of aliphatic hydroxyl groups is 1. The van der Waals surface area contributed by atoms with Gasteiger partial charge in [0.05, 0.1) is 6.10 Å². The van der Waals surface area contributed by atoms with E-state index < -0.39 is 0 Å². The number of hydrogen-bond acceptors (Lipinski definition) is 3. The molecule has 0 bridgehead atoms. The van der Waals surface area contributed by atoms with Crippen molar-refractivity contribution in [2.24, 2.45) is 0 Å². The van der Waals surface area contributed by atoms with E-state index in [1.807, 2.05) is 17.8 Å². The summed E-state index contributed by atoms with van der Waals surface area (Å²) in [6, 6.07) is 4.12. The van der Waals surface area contributed by atoms with Gasteiger partial charge in [-0.3, -0.25) is 0 Å². The van der Waals surface area contributed by atoms with Crippen LogP contribution in [0.1, 0.15) is 25.1 Å². The lowest BCUT2D eigenvalue weighted by Crippen LogP contribution is -2.14. The fourth-order valence-corrected chi connectivity index (χ4v) is 2.79. The summed E-state index contributed by atoms with van der Waals surface area (Å²) in [6.07, 6.45) is 1.80. The SMILES string of the molecule is CCC(C)SCC(O)Cc1cccs1. The lowest BCUT2D eigenvalue weighted by Gasteiger charge is -2.12. The van der Waals surface area contributed by atoms with E-state index in [1.54, 1.807) is 11.3 Å². The van der Waals surface area contributed by atoms with Crippen molar-refractivity contribution in [3.8, 4) is 0 Å². The molecule has 0 saturated heterocycles. The summed E-state index contributed by atoms with van der Waals surface area (Å²) in [7, 11) is 0. The van der Waals surface area contributed by atoms with Crippen molar-refractivity contribution in [3.63, 3.8) is 0 Å². The monoisotopic (exact) mass is 230 g/mol. The normalized spacial score (nSPS) is 15.4. The first kappa shape index (κ1) is 12.1.